The van der Waals surface area contributed by atoms with Gasteiger partial charge in [0.2, 0.25) is 11.8 Å². The second-order valence-corrected chi connectivity index (χ2v) is 5.81. The molecule has 0 radical (unpaired) electrons. The van der Waals surface area contributed by atoms with E-state index in [-0.39, 0.29) is 17.7 Å². The lowest BCUT2D eigenvalue weighted by atomic mass is 10.1. The Hall–Kier alpha value is -1.26. The molecular formula is C14H16Cl2N2O2. The molecule has 1 fully saturated rings. The van der Waals surface area contributed by atoms with Crippen LogP contribution in [0.15, 0.2) is 18.2 Å². The summed E-state index contributed by atoms with van der Waals surface area (Å²) >= 11 is 11.9. The number of likely N-dealkylation sites (tertiary alicyclic amines) is 1. The van der Waals surface area contributed by atoms with E-state index in [0.29, 0.717) is 42.4 Å². The van der Waals surface area contributed by atoms with Crippen LogP contribution >= 0.6 is 23.2 Å². The van der Waals surface area contributed by atoms with Crippen LogP contribution in [0.25, 0.3) is 0 Å². The zero-order chi connectivity index (χ0) is 14.7. The van der Waals surface area contributed by atoms with Gasteiger partial charge in [0.15, 0.2) is 0 Å². The van der Waals surface area contributed by atoms with E-state index in [1.807, 2.05) is 6.07 Å². The van der Waals surface area contributed by atoms with Crippen molar-refractivity contribution in [2.24, 2.45) is 11.7 Å². The number of carbonyl (C=O) groups is 2. The highest BCUT2D eigenvalue weighted by Gasteiger charge is 2.29. The zero-order valence-corrected chi connectivity index (χ0v) is 12.5. The summed E-state index contributed by atoms with van der Waals surface area (Å²) in [5.74, 6) is -0.515. The second-order valence-electron chi connectivity index (χ2n) is 4.96. The molecule has 0 saturated carbocycles. The molecule has 2 N–H and O–H groups in total. The van der Waals surface area contributed by atoms with Crippen molar-refractivity contribution >= 4 is 35.0 Å². The molecule has 1 aromatic rings. The minimum Gasteiger partial charge on any atom is -0.369 e. The summed E-state index contributed by atoms with van der Waals surface area (Å²) < 4.78 is 0. The number of benzene rings is 1. The Kier molecular flexibility index (Phi) is 4.89. The Morgan fingerprint density at radius 2 is 2.10 bits per heavy atom. The third-order valence-electron chi connectivity index (χ3n) is 3.57. The summed E-state index contributed by atoms with van der Waals surface area (Å²) in [6.45, 7) is 1.03. The molecular weight excluding hydrogens is 299 g/mol. The number of hydrogen-bond donors (Lipinski definition) is 1. The van der Waals surface area contributed by atoms with E-state index >= 15 is 0 Å². The highest BCUT2D eigenvalue weighted by atomic mass is 35.5. The molecule has 1 atom stereocenters. The number of carbonyl (C=O) groups excluding carboxylic acids is 2. The lowest BCUT2D eigenvalue weighted by molar-refractivity contribution is -0.130. The van der Waals surface area contributed by atoms with Crippen molar-refractivity contribution in [3.05, 3.63) is 33.8 Å². The maximum atomic E-state index is 12.1. The molecule has 1 heterocycles. The van der Waals surface area contributed by atoms with Gasteiger partial charge in [-0.1, -0.05) is 29.3 Å². The molecule has 0 bridgehead atoms. The summed E-state index contributed by atoms with van der Waals surface area (Å²) in [4.78, 5) is 24.8. The number of nitrogens with zero attached hydrogens (tertiary/aromatic N) is 1. The number of amides is 2. The van der Waals surface area contributed by atoms with Crippen molar-refractivity contribution in [3.8, 4) is 0 Å². The van der Waals surface area contributed by atoms with Gasteiger partial charge in [-0.05, 0) is 30.5 Å². The average Bonchev–Trinajstić information content (AvgIpc) is 2.87. The minimum atomic E-state index is -0.332. The normalized spacial score (nSPS) is 18.3. The Morgan fingerprint density at radius 1 is 1.35 bits per heavy atom. The number of rotatable bonds is 4. The maximum Gasteiger partial charge on any atom is 0.222 e. The summed E-state index contributed by atoms with van der Waals surface area (Å²) in [5, 5.41) is 1.15. The fourth-order valence-corrected chi connectivity index (χ4v) is 2.85. The molecule has 0 spiro atoms. The monoisotopic (exact) mass is 314 g/mol. The second kappa shape index (κ2) is 6.46. The molecule has 0 aliphatic carbocycles. The predicted molar refractivity (Wildman–Crippen MR) is 78.7 cm³/mol. The largest absolute Gasteiger partial charge is 0.369 e. The van der Waals surface area contributed by atoms with E-state index in [1.54, 1.807) is 17.0 Å². The number of aryl methyl sites for hydroxylation is 1. The van der Waals surface area contributed by atoms with Gasteiger partial charge < -0.3 is 10.6 Å². The highest BCUT2D eigenvalue weighted by Crippen LogP contribution is 2.23. The molecule has 1 aromatic carbocycles. The fraction of sp³-hybridized carbons (Fsp3) is 0.429. The van der Waals surface area contributed by atoms with Crippen LogP contribution in [0.3, 0.4) is 0 Å². The van der Waals surface area contributed by atoms with Crippen LogP contribution in [-0.4, -0.2) is 29.8 Å². The molecule has 1 aliphatic heterocycles. The standard InChI is InChI=1S/C14H16Cl2N2O2/c15-11-3-1-9(12(16)7-11)2-4-13(19)18-6-5-10(8-18)14(17)20/h1,3,7,10H,2,4-6,8H2,(H2,17,20)/t10-/m0/s1. The third kappa shape index (κ3) is 3.64. The summed E-state index contributed by atoms with van der Waals surface area (Å²) in [5.41, 5.74) is 6.15. The van der Waals surface area contributed by atoms with E-state index in [0.717, 1.165) is 5.56 Å². The molecule has 0 aromatic heterocycles. The Labute approximate surface area is 127 Å². The number of nitrogens with two attached hydrogens (primary N) is 1. The minimum absolute atomic E-state index is 0.0276. The summed E-state index contributed by atoms with van der Waals surface area (Å²) in [6, 6.07) is 5.25. The van der Waals surface area contributed by atoms with Crippen molar-refractivity contribution in [1.82, 2.24) is 4.90 Å². The van der Waals surface area contributed by atoms with Crippen LogP contribution in [0.1, 0.15) is 18.4 Å². The van der Waals surface area contributed by atoms with Crippen LogP contribution in [0.2, 0.25) is 10.0 Å². The van der Waals surface area contributed by atoms with Gasteiger partial charge in [0.05, 0.1) is 5.92 Å². The molecule has 1 aliphatic rings. The smallest absolute Gasteiger partial charge is 0.222 e. The first-order chi connectivity index (χ1) is 9.47. The van der Waals surface area contributed by atoms with Gasteiger partial charge in [-0.25, -0.2) is 0 Å². The lowest BCUT2D eigenvalue weighted by Gasteiger charge is -2.16. The molecule has 2 rings (SSSR count). The first-order valence-electron chi connectivity index (χ1n) is 6.48. The molecule has 1 saturated heterocycles. The van der Waals surface area contributed by atoms with Gasteiger partial charge in [-0.3, -0.25) is 9.59 Å². The summed E-state index contributed by atoms with van der Waals surface area (Å²) in [6.07, 6.45) is 1.59. The molecule has 6 heteroatoms. The molecule has 0 unspecified atom stereocenters. The SMILES string of the molecule is NC(=O)[C@H]1CCN(C(=O)CCc2ccc(Cl)cc2Cl)C1. The average molecular weight is 315 g/mol. The van der Waals surface area contributed by atoms with Crippen LogP contribution in [0.4, 0.5) is 0 Å². The number of halogens is 2. The predicted octanol–water partition coefficient (Wildman–Crippen LogP) is 2.26. The Balaban J connectivity index is 1.88. The quantitative estimate of drug-likeness (QED) is 0.926. The molecule has 108 valence electrons. The Bertz CT molecular complexity index is 534. The first kappa shape index (κ1) is 15.1. The zero-order valence-electron chi connectivity index (χ0n) is 10.9. The van der Waals surface area contributed by atoms with Crippen molar-refractivity contribution in [3.63, 3.8) is 0 Å². The highest BCUT2D eigenvalue weighted by molar-refractivity contribution is 6.35. The number of primary amides is 1. The first-order valence-corrected chi connectivity index (χ1v) is 7.24. The maximum absolute atomic E-state index is 12.1. The van der Waals surface area contributed by atoms with Gasteiger partial charge >= 0.3 is 0 Å². The molecule has 4 nitrogen and oxygen atoms in total. The fourth-order valence-electron chi connectivity index (χ4n) is 2.34. The van der Waals surface area contributed by atoms with Gasteiger partial charge in [0.1, 0.15) is 0 Å². The van der Waals surface area contributed by atoms with Gasteiger partial charge in [-0.15, -0.1) is 0 Å². The number of hydrogen-bond acceptors (Lipinski definition) is 2. The van der Waals surface area contributed by atoms with E-state index < -0.39 is 0 Å². The van der Waals surface area contributed by atoms with Crippen molar-refractivity contribution in [2.75, 3.05) is 13.1 Å². The summed E-state index contributed by atoms with van der Waals surface area (Å²) in [7, 11) is 0. The van der Waals surface area contributed by atoms with Crippen LogP contribution in [0.5, 0.6) is 0 Å². The van der Waals surface area contributed by atoms with Gasteiger partial charge in [-0.2, -0.15) is 0 Å². The Morgan fingerprint density at radius 3 is 2.70 bits per heavy atom. The van der Waals surface area contributed by atoms with Crippen LogP contribution in [0, 0.1) is 5.92 Å². The molecule has 2 amide bonds. The van der Waals surface area contributed by atoms with E-state index in [2.05, 4.69) is 0 Å². The van der Waals surface area contributed by atoms with E-state index in [9.17, 15) is 9.59 Å². The van der Waals surface area contributed by atoms with E-state index in [4.69, 9.17) is 28.9 Å². The van der Waals surface area contributed by atoms with Gasteiger partial charge in [0.25, 0.3) is 0 Å². The van der Waals surface area contributed by atoms with Crippen LogP contribution < -0.4 is 5.73 Å². The third-order valence-corrected chi connectivity index (χ3v) is 4.15. The van der Waals surface area contributed by atoms with Crippen molar-refractivity contribution in [1.29, 1.82) is 0 Å². The van der Waals surface area contributed by atoms with E-state index in [1.165, 1.54) is 0 Å². The topological polar surface area (TPSA) is 63.4 Å². The lowest BCUT2D eigenvalue weighted by Crippen LogP contribution is -2.31. The van der Waals surface area contributed by atoms with Gasteiger partial charge in [0, 0.05) is 29.6 Å². The van der Waals surface area contributed by atoms with Crippen molar-refractivity contribution < 1.29 is 9.59 Å². The molecule has 20 heavy (non-hydrogen) atoms. The van der Waals surface area contributed by atoms with Crippen LogP contribution in [-0.2, 0) is 16.0 Å². The van der Waals surface area contributed by atoms with Crippen molar-refractivity contribution in [2.45, 2.75) is 19.3 Å².